The van der Waals surface area contributed by atoms with Gasteiger partial charge in [0.1, 0.15) is 5.54 Å². The largest absolute Gasteiger partial charge is 0.468 e. The minimum absolute atomic E-state index is 0.0894. The highest BCUT2D eigenvalue weighted by Gasteiger charge is 2.43. The van der Waals surface area contributed by atoms with E-state index in [9.17, 15) is 4.79 Å². The predicted molar refractivity (Wildman–Crippen MR) is 73.4 cm³/mol. The molecule has 1 N–H and O–H groups in total. The predicted octanol–water partition coefficient (Wildman–Crippen LogP) is 2.59. The van der Waals surface area contributed by atoms with Crippen molar-refractivity contribution in [1.29, 1.82) is 0 Å². The molecule has 1 rings (SSSR count). The Morgan fingerprint density at radius 1 is 1.59 bits per heavy atom. The monoisotopic (exact) mass is 259 g/mol. The van der Waals surface area contributed by atoms with Crippen molar-refractivity contribution in [1.82, 2.24) is 5.32 Å². The third-order valence-electron chi connectivity index (χ3n) is 3.26. The van der Waals surface area contributed by atoms with Crippen LogP contribution >= 0.6 is 11.8 Å². The normalized spacial score (nSPS) is 29.4. The Morgan fingerprint density at radius 2 is 2.29 bits per heavy atom. The molecular weight excluding hydrogens is 234 g/mol. The molecule has 4 heteroatoms. The number of ether oxygens (including phenoxy) is 1. The van der Waals surface area contributed by atoms with E-state index >= 15 is 0 Å². The molecule has 0 aromatic heterocycles. The van der Waals surface area contributed by atoms with Crippen molar-refractivity contribution in [2.45, 2.75) is 62.5 Å². The van der Waals surface area contributed by atoms with Gasteiger partial charge in [0.25, 0.3) is 0 Å². The number of esters is 1. The zero-order chi connectivity index (χ0) is 12.9. The van der Waals surface area contributed by atoms with Crippen LogP contribution in [0.4, 0.5) is 0 Å². The van der Waals surface area contributed by atoms with E-state index < -0.39 is 5.54 Å². The number of hydrogen-bond donors (Lipinski definition) is 1. The van der Waals surface area contributed by atoms with Gasteiger partial charge in [-0.25, -0.2) is 0 Å². The van der Waals surface area contributed by atoms with Gasteiger partial charge in [-0.1, -0.05) is 20.8 Å². The molecule has 0 aromatic rings. The second-order valence-electron chi connectivity index (χ2n) is 5.01. The Bertz CT molecular complexity index is 254. The summed E-state index contributed by atoms with van der Waals surface area (Å²) < 4.78 is 4.99. The van der Waals surface area contributed by atoms with E-state index in [0.29, 0.717) is 10.5 Å². The summed E-state index contributed by atoms with van der Waals surface area (Å²) in [5, 5.41) is 4.56. The van der Waals surface area contributed by atoms with E-state index in [4.69, 9.17) is 4.74 Å². The molecule has 1 fully saturated rings. The highest BCUT2D eigenvalue weighted by atomic mass is 32.2. The van der Waals surface area contributed by atoms with Gasteiger partial charge >= 0.3 is 5.97 Å². The van der Waals surface area contributed by atoms with Crippen LogP contribution in [0.15, 0.2) is 0 Å². The van der Waals surface area contributed by atoms with Gasteiger partial charge in [-0.2, -0.15) is 11.8 Å². The highest BCUT2D eigenvalue weighted by molar-refractivity contribution is 8.00. The average molecular weight is 259 g/mol. The molecule has 0 aliphatic heterocycles. The van der Waals surface area contributed by atoms with Crippen molar-refractivity contribution in [2.24, 2.45) is 0 Å². The van der Waals surface area contributed by atoms with Crippen molar-refractivity contribution in [3.05, 3.63) is 0 Å². The van der Waals surface area contributed by atoms with Crippen molar-refractivity contribution in [3.8, 4) is 0 Å². The quantitative estimate of drug-likeness (QED) is 0.770. The van der Waals surface area contributed by atoms with Crippen LogP contribution in [0.1, 0.15) is 46.5 Å². The SMILES string of the molecule is CCNC1(C(=O)OC)CCCC(SC(C)C)C1. The van der Waals surface area contributed by atoms with Crippen LogP contribution in [0, 0.1) is 0 Å². The molecule has 0 radical (unpaired) electrons. The number of thioether (sulfide) groups is 1. The van der Waals surface area contributed by atoms with Gasteiger partial charge in [0, 0.05) is 5.25 Å². The van der Waals surface area contributed by atoms with Gasteiger partial charge in [-0.3, -0.25) is 4.79 Å². The number of rotatable bonds is 5. The topological polar surface area (TPSA) is 38.3 Å². The fraction of sp³-hybridized carbons (Fsp3) is 0.923. The van der Waals surface area contributed by atoms with Crippen LogP contribution in [-0.2, 0) is 9.53 Å². The second kappa shape index (κ2) is 6.64. The number of nitrogens with one attached hydrogen (secondary N) is 1. The minimum Gasteiger partial charge on any atom is -0.468 e. The van der Waals surface area contributed by atoms with Crippen LogP contribution < -0.4 is 5.32 Å². The zero-order valence-corrected chi connectivity index (χ0v) is 12.2. The maximum Gasteiger partial charge on any atom is 0.326 e. The van der Waals surface area contributed by atoms with Gasteiger partial charge < -0.3 is 10.1 Å². The fourth-order valence-electron chi connectivity index (χ4n) is 2.68. The van der Waals surface area contributed by atoms with Gasteiger partial charge in [0.2, 0.25) is 0 Å². The van der Waals surface area contributed by atoms with Crippen LogP contribution in [-0.4, -0.2) is 35.7 Å². The lowest BCUT2D eigenvalue weighted by atomic mass is 9.81. The second-order valence-corrected chi connectivity index (χ2v) is 6.89. The molecule has 0 saturated heterocycles. The number of hydrogen-bond acceptors (Lipinski definition) is 4. The van der Waals surface area contributed by atoms with E-state index in [1.165, 1.54) is 13.5 Å². The molecule has 2 atom stereocenters. The summed E-state index contributed by atoms with van der Waals surface area (Å²) in [5.74, 6) is -0.0894. The summed E-state index contributed by atoms with van der Waals surface area (Å²) in [6, 6.07) is 0. The molecule has 3 nitrogen and oxygen atoms in total. The molecule has 0 heterocycles. The summed E-state index contributed by atoms with van der Waals surface area (Å²) >= 11 is 1.98. The molecule has 0 spiro atoms. The fourth-order valence-corrected chi connectivity index (χ4v) is 4.13. The Balaban J connectivity index is 2.72. The molecule has 1 saturated carbocycles. The Kier molecular flexibility index (Phi) is 5.80. The molecule has 2 unspecified atom stereocenters. The van der Waals surface area contributed by atoms with E-state index in [1.807, 2.05) is 18.7 Å². The summed E-state index contributed by atoms with van der Waals surface area (Å²) in [6.45, 7) is 7.29. The summed E-state index contributed by atoms with van der Waals surface area (Å²) in [5.41, 5.74) is -0.436. The van der Waals surface area contributed by atoms with Crippen LogP contribution in [0.2, 0.25) is 0 Å². The Morgan fingerprint density at radius 3 is 2.82 bits per heavy atom. The third kappa shape index (κ3) is 3.88. The first kappa shape index (κ1) is 14.8. The average Bonchev–Trinajstić information content (AvgIpc) is 2.27. The number of methoxy groups -OCH3 is 1. The number of carbonyl (C=O) groups is 1. The van der Waals surface area contributed by atoms with Gasteiger partial charge in [0.05, 0.1) is 7.11 Å². The lowest BCUT2D eigenvalue weighted by Crippen LogP contribution is -2.56. The summed E-state index contributed by atoms with van der Waals surface area (Å²) in [7, 11) is 1.49. The minimum atomic E-state index is -0.436. The van der Waals surface area contributed by atoms with E-state index in [-0.39, 0.29) is 5.97 Å². The molecule has 1 aliphatic carbocycles. The molecule has 0 amide bonds. The molecular formula is C13H25NO2S. The molecule has 100 valence electrons. The molecule has 1 aliphatic rings. The zero-order valence-electron chi connectivity index (χ0n) is 11.4. The third-order valence-corrected chi connectivity index (χ3v) is 4.59. The van der Waals surface area contributed by atoms with Crippen molar-refractivity contribution in [2.75, 3.05) is 13.7 Å². The maximum atomic E-state index is 12.0. The first-order chi connectivity index (χ1) is 8.04. The van der Waals surface area contributed by atoms with Crippen molar-refractivity contribution in [3.63, 3.8) is 0 Å². The first-order valence-corrected chi connectivity index (χ1v) is 7.47. The van der Waals surface area contributed by atoms with E-state index in [1.54, 1.807) is 0 Å². The van der Waals surface area contributed by atoms with Gasteiger partial charge in [-0.15, -0.1) is 0 Å². The van der Waals surface area contributed by atoms with E-state index in [0.717, 1.165) is 25.8 Å². The van der Waals surface area contributed by atoms with Crippen molar-refractivity contribution < 1.29 is 9.53 Å². The molecule has 0 bridgehead atoms. The standard InChI is InChI=1S/C13H25NO2S/c1-5-14-13(12(15)16-4)8-6-7-11(9-13)17-10(2)3/h10-11,14H,5-9H2,1-4H3. The lowest BCUT2D eigenvalue weighted by molar-refractivity contribution is -0.150. The number of carbonyl (C=O) groups excluding carboxylic acids is 1. The van der Waals surface area contributed by atoms with Crippen LogP contribution in [0.5, 0.6) is 0 Å². The lowest BCUT2D eigenvalue weighted by Gasteiger charge is -2.39. The summed E-state index contributed by atoms with van der Waals surface area (Å²) in [6.07, 6.45) is 4.12. The summed E-state index contributed by atoms with van der Waals surface area (Å²) in [4.78, 5) is 12.0. The van der Waals surface area contributed by atoms with Crippen LogP contribution in [0.25, 0.3) is 0 Å². The molecule has 0 aromatic carbocycles. The van der Waals surface area contributed by atoms with Crippen LogP contribution in [0.3, 0.4) is 0 Å². The highest BCUT2D eigenvalue weighted by Crippen LogP contribution is 2.37. The maximum absolute atomic E-state index is 12.0. The van der Waals surface area contributed by atoms with Gasteiger partial charge in [0.15, 0.2) is 0 Å². The van der Waals surface area contributed by atoms with Crippen molar-refractivity contribution >= 4 is 17.7 Å². The first-order valence-electron chi connectivity index (χ1n) is 6.53. The molecule has 17 heavy (non-hydrogen) atoms. The Hall–Kier alpha value is -0.220. The van der Waals surface area contributed by atoms with Gasteiger partial charge in [-0.05, 0) is 37.5 Å². The van der Waals surface area contributed by atoms with E-state index in [2.05, 4.69) is 19.2 Å². The number of likely N-dealkylation sites (N-methyl/N-ethyl adjacent to an activating group) is 1. The smallest absolute Gasteiger partial charge is 0.326 e. The Labute approximate surface area is 109 Å².